The van der Waals surface area contributed by atoms with E-state index in [1.807, 2.05) is 19.1 Å². The number of nitrogens with zero attached hydrogens (tertiary/aromatic N) is 3. The number of fused-ring (bicyclic) bond motifs is 1. The normalized spacial score (nSPS) is 21.4. The van der Waals surface area contributed by atoms with Gasteiger partial charge in [-0.2, -0.15) is 0 Å². The highest BCUT2D eigenvalue weighted by Gasteiger charge is 2.43. The molecule has 0 radical (unpaired) electrons. The van der Waals surface area contributed by atoms with Gasteiger partial charge in [0.2, 0.25) is 0 Å². The number of alkyl halides is 2. The largest absolute Gasteiger partial charge is 0.369 e. The number of hydrogen-bond acceptors (Lipinski definition) is 6. The van der Waals surface area contributed by atoms with Gasteiger partial charge in [-0.1, -0.05) is 13.8 Å². The lowest BCUT2D eigenvalue weighted by atomic mass is 10.1. The van der Waals surface area contributed by atoms with Crippen molar-refractivity contribution in [1.82, 2.24) is 19.9 Å². The number of halogens is 2. The van der Waals surface area contributed by atoms with E-state index >= 15 is 0 Å². The van der Waals surface area contributed by atoms with Crippen molar-refractivity contribution in [2.45, 2.75) is 42.8 Å². The maximum Gasteiger partial charge on any atom is 0.266 e. The van der Waals surface area contributed by atoms with Gasteiger partial charge in [0.05, 0.1) is 10.9 Å². The Balaban J connectivity index is 1.75. The molecule has 1 saturated carbocycles. The summed E-state index contributed by atoms with van der Waals surface area (Å²) in [7, 11) is 0. The zero-order chi connectivity index (χ0) is 19.8. The van der Waals surface area contributed by atoms with Crippen LogP contribution in [0.2, 0.25) is 0 Å². The van der Waals surface area contributed by atoms with Crippen molar-refractivity contribution in [1.29, 1.82) is 0 Å². The van der Waals surface area contributed by atoms with E-state index in [0.717, 1.165) is 4.90 Å². The van der Waals surface area contributed by atoms with Crippen LogP contribution in [0.4, 0.5) is 14.6 Å². The van der Waals surface area contributed by atoms with E-state index in [0.29, 0.717) is 52.5 Å². The molecular formula is C19H22F2N6S. The fraction of sp³-hybridized carbons (Fsp3) is 0.421. The average Bonchev–Trinajstić information content (AvgIpc) is 3.09. The number of aromatic nitrogens is 4. The molecule has 0 saturated heterocycles. The van der Waals surface area contributed by atoms with Crippen LogP contribution in [-0.2, 0) is 6.42 Å². The molecule has 3 aromatic rings. The molecule has 0 aromatic carbocycles. The Morgan fingerprint density at radius 1 is 1.36 bits per heavy atom. The molecule has 1 aliphatic rings. The summed E-state index contributed by atoms with van der Waals surface area (Å²) < 4.78 is 27.6. The molecule has 0 amide bonds. The Hall–Kier alpha value is -2.26. The highest BCUT2D eigenvalue weighted by atomic mass is 32.2. The third-order valence-corrected chi connectivity index (χ3v) is 6.15. The summed E-state index contributed by atoms with van der Waals surface area (Å²) in [5, 5.41) is 4.09. The van der Waals surface area contributed by atoms with E-state index in [4.69, 9.17) is 5.73 Å². The third-order valence-electron chi connectivity index (χ3n) is 5.31. The molecular weight excluding hydrogens is 382 g/mol. The van der Waals surface area contributed by atoms with Gasteiger partial charge in [0.25, 0.3) is 6.43 Å². The molecule has 0 aliphatic heterocycles. The van der Waals surface area contributed by atoms with Gasteiger partial charge in [-0.15, -0.1) is 0 Å². The zero-order valence-corrected chi connectivity index (χ0v) is 16.4. The predicted molar refractivity (Wildman–Crippen MR) is 106 cm³/mol. The molecule has 0 bridgehead atoms. The number of nitrogens with one attached hydrogen (secondary N) is 2. The number of aryl methyl sites for hydroxylation is 1. The summed E-state index contributed by atoms with van der Waals surface area (Å²) >= 11 is 1.34. The van der Waals surface area contributed by atoms with Crippen molar-refractivity contribution in [2.24, 2.45) is 17.6 Å². The van der Waals surface area contributed by atoms with Crippen LogP contribution in [0.25, 0.3) is 11.0 Å². The molecule has 1 aliphatic carbocycles. The third kappa shape index (κ3) is 3.56. The van der Waals surface area contributed by atoms with Crippen LogP contribution in [0.3, 0.4) is 0 Å². The summed E-state index contributed by atoms with van der Waals surface area (Å²) in [5.41, 5.74) is 6.90. The van der Waals surface area contributed by atoms with E-state index < -0.39 is 6.43 Å². The second-order valence-corrected chi connectivity index (χ2v) is 8.06. The summed E-state index contributed by atoms with van der Waals surface area (Å²) in [6, 6.07) is 3.87. The Morgan fingerprint density at radius 3 is 2.75 bits per heavy atom. The first kappa shape index (κ1) is 19.1. The SMILES string of the molecule is CCc1[nH]c2nc(Sc3cccnc3)nc(NC[C@@H]3[C@H](C)[C@H]3N)c2c1C(F)F. The van der Waals surface area contributed by atoms with Crippen LogP contribution >= 0.6 is 11.8 Å². The first-order valence-electron chi connectivity index (χ1n) is 9.27. The van der Waals surface area contributed by atoms with Gasteiger partial charge in [-0.05, 0) is 42.2 Å². The minimum Gasteiger partial charge on any atom is -0.369 e. The topological polar surface area (TPSA) is 92.5 Å². The van der Waals surface area contributed by atoms with Gasteiger partial charge in [-0.25, -0.2) is 18.7 Å². The second-order valence-electron chi connectivity index (χ2n) is 7.02. The van der Waals surface area contributed by atoms with Gasteiger partial charge in [0, 0.05) is 35.6 Å². The molecule has 1 fully saturated rings. The Kier molecular flexibility index (Phi) is 5.20. The molecule has 0 unspecified atom stereocenters. The number of hydrogen-bond donors (Lipinski definition) is 3. The van der Waals surface area contributed by atoms with Crippen molar-refractivity contribution in [2.75, 3.05) is 11.9 Å². The zero-order valence-electron chi connectivity index (χ0n) is 15.6. The highest BCUT2D eigenvalue weighted by Crippen LogP contribution is 2.39. The number of aromatic amines is 1. The second kappa shape index (κ2) is 7.63. The van der Waals surface area contributed by atoms with Gasteiger partial charge >= 0.3 is 0 Å². The van der Waals surface area contributed by atoms with Crippen molar-refractivity contribution in [3.8, 4) is 0 Å². The van der Waals surface area contributed by atoms with Crippen LogP contribution in [0.15, 0.2) is 34.6 Å². The minimum absolute atomic E-state index is 0.0222. The molecule has 9 heteroatoms. The standard InChI is InChI=1S/C19H22F2N6S/c1-3-12-13(16(20)21)14-17(24-8-11-9(2)15(11)22)26-19(27-18(14)25-12)28-10-5-4-6-23-7-10/h4-7,9,11,15-16H,3,8,22H2,1-2H3,(H2,24,25,26,27)/t9-,11+,15+/m0/s1. The van der Waals surface area contributed by atoms with E-state index in [9.17, 15) is 8.78 Å². The van der Waals surface area contributed by atoms with Gasteiger partial charge in [0.1, 0.15) is 11.5 Å². The summed E-state index contributed by atoms with van der Waals surface area (Å²) in [5.74, 6) is 1.16. The Bertz CT molecular complexity index is 969. The quantitative estimate of drug-likeness (QED) is 0.515. The number of nitrogens with two attached hydrogens (primary N) is 1. The van der Waals surface area contributed by atoms with E-state index in [2.05, 4.69) is 32.2 Å². The molecule has 3 atom stereocenters. The maximum atomic E-state index is 13.8. The fourth-order valence-electron chi connectivity index (χ4n) is 3.47. The minimum atomic E-state index is -2.60. The Labute approximate surface area is 165 Å². The smallest absolute Gasteiger partial charge is 0.266 e. The van der Waals surface area contributed by atoms with Crippen molar-refractivity contribution < 1.29 is 8.78 Å². The lowest BCUT2D eigenvalue weighted by Crippen LogP contribution is -2.12. The highest BCUT2D eigenvalue weighted by molar-refractivity contribution is 7.99. The Morgan fingerprint density at radius 2 is 2.14 bits per heavy atom. The van der Waals surface area contributed by atoms with E-state index in [1.165, 1.54) is 11.8 Å². The molecule has 3 heterocycles. The lowest BCUT2D eigenvalue weighted by molar-refractivity contribution is 0.152. The number of rotatable bonds is 7. The van der Waals surface area contributed by atoms with Gasteiger partial charge in [-0.3, -0.25) is 4.98 Å². The molecule has 0 spiro atoms. The van der Waals surface area contributed by atoms with Crippen molar-refractivity contribution in [3.63, 3.8) is 0 Å². The summed E-state index contributed by atoms with van der Waals surface area (Å²) in [6.45, 7) is 4.53. The molecule has 148 valence electrons. The molecule has 4 N–H and O–H groups in total. The van der Waals surface area contributed by atoms with E-state index in [-0.39, 0.29) is 11.6 Å². The first-order chi connectivity index (χ1) is 13.5. The molecule has 28 heavy (non-hydrogen) atoms. The average molecular weight is 404 g/mol. The van der Waals surface area contributed by atoms with Crippen LogP contribution in [0, 0.1) is 11.8 Å². The van der Waals surface area contributed by atoms with Crippen LogP contribution in [0.5, 0.6) is 0 Å². The lowest BCUT2D eigenvalue weighted by Gasteiger charge is -2.10. The molecule has 6 nitrogen and oxygen atoms in total. The molecule has 4 rings (SSSR count). The number of anilines is 1. The van der Waals surface area contributed by atoms with Crippen LogP contribution in [-0.4, -0.2) is 32.5 Å². The molecule has 3 aromatic heterocycles. The summed E-state index contributed by atoms with van der Waals surface area (Å²) in [4.78, 5) is 17.1. The number of H-pyrrole nitrogens is 1. The van der Waals surface area contributed by atoms with Crippen molar-refractivity contribution in [3.05, 3.63) is 35.8 Å². The van der Waals surface area contributed by atoms with Gasteiger partial charge in [0.15, 0.2) is 5.16 Å². The fourth-order valence-corrected chi connectivity index (χ4v) is 4.21. The monoisotopic (exact) mass is 404 g/mol. The number of pyridine rings is 1. The van der Waals surface area contributed by atoms with Gasteiger partial charge < -0.3 is 16.0 Å². The van der Waals surface area contributed by atoms with E-state index in [1.54, 1.807) is 12.4 Å². The van der Waals surface area contributed by atoms with Crippen LogP contribution < -0.4 is 11.1 Å². The summed E-state index contributed by atoms with van der Waals surface area (Å²) in [6.07, 6.45) is 1.26. The van der Waals surface area contributed by atoms with Crippen LogP contribution in [0.1, 0.15) is 31.5 Å². The first-order valence-corrected chi connectivity index (χ1v) is 10.1. The van der Waals surface area contributed by atoms with Crippen molar-refractivity contribution >= 4 is 28.6 Å². The maximum absolute atomic E-state index is 13.8. The predicted octanol–water partition coefficient (Wildman–Crippen LogP) is 4.01.